The summed E-state index contributed by atoms with van der Waals surface area (Å²) < 4.78 is 44.8. The number of alkyl halides is 3. The molecule has 1 spiro atoms. The zero-order chi connectivity index (χ0) is 20.5. The quantitative estimate of drug-likeness (QED) is 0.785. The number of hydrogen-bond acceptors (Lipinski definition) is 5. The molecule has 2 aromatic rings. The van der Waals surface area contributed by atoms with E-state index in [1.807, 2.05) is 30.3 Å². The van der Waals surface area contributed by atoms with Crippen molar-refractivity contribution in [3.8, 4) is 0 Å². The Labute approximate surface area is 166 Å². The number of hydrogen-bond donors (Lipinski definition) is 0. The fourth-order valence-corrected chi connectivity index (χ4v) is 4.00. The summed E-state index contributed by atoms with van der Waals surface area (Å²) in [5.41, 5.74) is -0.420. The molecule has 29 heavy (non-hydrogen) atoms. The minimum atomic E-state index is -4.53. The molecule has 1 aromatic carbocycles. The highest BCUT2D eigenvalue weighted by molar-refractivity contribution is 5.79. The number of likely N-dealkylation sites (tertiary alicyclic amines) is 1. The van der Waals surface area contributed by atoms with Gasteiger partial charge in [0.1, 0.15) is 17.8 Å². The Balaban J connectivity index is 1.53. The average Bonchev–Trinajstić information content (AvgIpc) is 2.86. The largest absolute Gasteiger partial charge is 0.433 e. The Bertz CT molecular complexity index is 878. The van der Waals surface area contributed by atoms with Crippen molar-refractivity contribution in [2.75, 3.05) is 37.7 Å². The molecule has 6 nitrogen and oxygen atoms in total. The Hall–Kier alpha value is -2.68. The Morgan fingerprint density at radius 2 is 1.93 bits per heavy atom. The van der Waals surface area contributed by atoms with Gasteiger partial charge in [-0.1, -0.05) is 30.3 Å². The van der Waals surface area contributed by atoms with Gasteiger partial charge in [0, 0.05) is 44.1 Å². The van der Waals surface area contributed by atoms with Crippen molar-refractivity contribution in [2.45, 2.75) is 19.1 Å². The van der Waals surface area contributed by atoms with Crippen LogP contribution < -0.4 is 4.90 Å². The number of anilines is 1. The third-order valence-electron chi connectivity index (χ3n) is 5.33. The van der Waals surface area contributed by atoms with E-state index in [4.69, 9.17) is 4.74 Å². The minimum Gasteiger partial charge on any atom is -0.379 e. The van der Waals surface area contributed by atoms with Gasteiger partial charge in [-0.05, 0) is 5.56 Å². The van der Waals surface area contributed by atoms with Crippen molar-refractivity contribution in [1.82, 2.24) is 14.9 Å². The summed E-state index contributed by atoms with van der Waals surface area (Å²) in [4.78, 5) is 23.6. The van der Waals surface area contributed by atoms with Crippen LogP contribution in [-0.2, 0) is 22.3 Å². The van der Waals surface area contributed by atoms with Gasteiger partial charge in [0.25, 0.3) is 0 Å². The van der Waals surface area contributed by atoms with Crippen LogP contribution in [0.1, 0.15) is 17.7 Å². The van der Waals surface area contributed by atoms with E-state index < -0.39 is 17.3 Å². The monoisotopic (exact) mass is 406 g/mol. The number of amides is 1. The van der Waals surface area contributed by atoms with Crippen molar-refractivity contribution < 1.29 is 22.7 Å². The van der Waals surface area contributed by atoms with Gasteiger partial charge in [0.15, 0.2) is 0 Å². The first-order valence-electron chi connectivity index (χ1n) is 9.38. The lowest BCUT2D eigenvalue weighted by molar-refractivity contribution is -0.141. The van der Waals surface area contributed by atoms with Gasteiger partial charge >= 0.3 is 6.18 Å². The molecule has 2 fully saturated rings. The molecule has 0 bridgehead atoms. The van der Waals surface area contributed by atoms with Crippen LogP contribution in [0.3, 0.4) is 0 Å². The van der Waals surface area contributed by atoms with Gasteiger partial charge in [-0.25, -0.2) is 9.97 Å². The lowest BCUT2D eigenvalue weighted by atomic mass is 9.87. The van der Waals surface area contributed by atoms with Gasteiger partial charge < -0.3 is 14.5 Å². The molecular formula is C20H21F3N4O2. The van der Waals surface area contributed by atoms with E-state index in [0.717, 1.165) is 18.0 Å². The van der Waals surface area contributed by atoms with Crippen LogP contribution in [0, 0.1) is 5.41 Å². The first-order valence-corrected chi connectivity index (χ1v) is 9.38. The molecule has 1 amide bonds. The predicted molar refractivity (Wildman–Crippen MR) is 99.0 cm³/mol. The molecule has 0 radical (unpaired) electrons. The standard InChI is InChI=1S/C20H21F3N4O2/c21-20(22,23)16-8-17(25-14-24-16)26-6-7-29-13-19(11-26)9-18(28)27(12-19)10-15-4-2-1-3-5-15/h1-5,8,14H,6-7,9-13H2/t19-/m1/s1. The Kier molecular flexibility index (Phi) is 5.16. The van der Waals surface area contributed by atoms with Crippen LogP contribution in [0.2, 0.25) is 0 Å². The maximum Gasteiger partial charge on any atom is 0.433 e. The van der Waals surface area contributed by atoms with Crippen LogP contribution >= 0.6 is 0 Å². The molecule has 4 rings (SSSR count). The minimum absolute atomic E-state index is 0.0259. The summed E-state index contributed by atoms with van der Waals surface area (Å²) in [5.74, 6) is 0.226. The Morgan fingerprint density at radius 3 is 2.69 bits per heavy atom. The number of aromatic nitrogens is 2. The summed E-state index contributed by atoms with van der Waals surface area (Å²) in [6, 6.07) is 10.7. The van der Waals surface area contributed by atoms with Crippen LogP contribution in [0.4, 0.5) is 19.0 Å². The molecule has 2 aliphatic rings. The van der Waals surface area contributed by atoms with Crippen LogP contribution in [0.25, 0.3) is 0 Å². The van der Waals surface area contributed by atoms with Gasteiger partial charge in [-0.15, -0.1) is 0 Å². The summed E-state index contributed by atoms with van der Waals surface area (Å²) >= 11 is 0. The highest BCUT2D eigenvalue weighted by atomic mass is 19.4. The molecular weight excluding hydrogens is 385 g/mol. The maximum atomic E-state index is 13.0. The van der Waals surface area contributed by atoms with Crippen LogP contribution in [0.15, 0.2) is 42.7 Å². The van der Waals surface area contributed by atoms with E-state index in [0.29, 0.717) is 45.8 Å². The molecule has 1 atom stereocenters. The third-order valence-corrected chi connectivity index (χ3v) is 5.33. The molecule has 3 heterocycles. The van der Waals surface area contributed by atoms with Crippen molar-refractivity contribution in [3.63, 3.8) is 0 Å². The fraction of sp³-hybridized carbons (Fsp3) is 0.450. The molecule has 0 N–H and O–H groups in total. The van der Waals surface area contributed by atoms with Crippen molar-refractivity contribution in [3.05, 3.63) is 54.0 Å². The van der Waals surface area contributed by atoms with E-state index in [1.54, 1.807) is 9.80 Å². The van der Waals surface area contributed by atoms with E-state index in [2.05, 4.69) is 9.97 Å². The number of benzene rings is 1. The molecule has 2 saturated heterocycles. The normalized spacial score (nSPS) is 22.9. The first-order chi connectivity index (χ1) is 13.8. The lowest BCUT2D eigenvalue weighted by Crippen LogP contribution is -2.41. The fourth-order valence-electron chi connectivity index (χ4n) is 4.00. The molecule has 0 unspecified atom stereocenters. The molecule has 0 saturated carbocycles. The first kappa shape index (κ1) is 19.6. The second-order valence-corrected chi connectivity index (χ2v) is 7.65. The van der Waals surface area contributed by atoms with Crippen molar-refractivity contribution in [2.24, 2.45) is 5.41 Å². The zero-order valence-corrected chi connectivity index (χ0v) is 15.7. The molecule has 0 aliphatic carbocycles. The van der Waals surface area contributed by atoms with Crippen LogP contribution in [0.5, 0.6) is 0 Å². The second kappa shape index (κ2) is 7.62. The SMILES string of the molecule is O=C1C[C@]2(COCCN(c3cc(C(F)(F)F)ncn3)C2)CN1Cc1ccccc1. The molecule has 154 valence electrons. The zero-order valence-electron chi connectivity index (χ0n) is 15.7. The summed E-state index contributed by atoms with van der Waals surface area (Å²) in [6.07, 6.45) is -3.31. The number of halogens is 3. The molecule has 2 aliphatic heterocycles. The smallest absolute Gasteiger partial charge is 0.379 e. The number of rotatable bonds is 3. The van der Waals surface area contributed by atoms with E-state index in [1.165, 1.54) is 0 Å². The number of carbonyl (C=O) groups is 1. The summed E-state index contributed by atoms with van der Waals surface area (Å²) in [7, 11) is 0. The van der Waals surface area contributed by atoms with Gasteiger partial charge in [-0.2, -0.15) is 13.2 Å². The lowest BCUT2D eigenvalue weighted by Gasteiger charge is -2.32. The van der Waals surface area contributed by atoms with E-state index in [-0.39, 0.29) is 11.7 Å². The molecule has 9 heteroatoms. The molecule has 1 aromatic heterocycles. The maximum absolute atomic E-state index is 13.0. The Morgan fingerprint density at radius 1 is 1.14 bits per heavy atom. The van der Waals surface area contributed by atoms with Crippen LogP contribution in [-0.4, -0.2) is 53.6 Å². The predicted octanol–water partition coefficient (Wildman–Crippen LogP) is 2.75. The highest BCUT2D eigenvalue weighted by Crippen LogP contribution is 2.37. The van der Waals surface area contributed by atoms with E-state index in [9.17, 15) is 18.0 Å². The topological polar surface area (TPSA) is 58.6 Å². The summed E-state index contributed by atoms with van der Waals surface area (Å²) in [5, 5.41) is 0. The number of carbonyl (C=O) groups excluding carboxylic acids is 1. The second-order valence-electron chi connectivity index (χ2n) is 7.65. The van der Waals surface area contributed by atoms with Gasteiger partial charge in [-0.3, -0.25) is 4.79 Å². The average molecular weight is 406 g/mol. The summed E-state index contributed by atoms with van der Waals surface area (Å²) in [6.45, 7) is 2.56. The van der Waals surface area contributed by atoms with Crippen molar-refractivity contribution in [1.29, 1.82) is 0 Å². The highest BCUT2D eigenvalue weighted by Gasteiger charge is 2.46. The number of ether oxygens (including phenoxy) is 1. The number of nitrogens with zero attached hydrogens (tertiary/aromatic N) is 4. The van der Waals surface area contributed by atoms with Crippen molar-refractivity contribution >= 4 is 11.7 Å². The van der Waals surface area contributed by atoms with Gasteiger partial charge in [0.05, 0.1) is 13.2 Å². The van der Waals surface area contributed by atoms with Gasteiger partial charge in [0.2, 0.25) is 5.91 Å². The van der Waals surface area contributed by atoms with E-state index >= 15 is 0 Å². The third kappa shape index (κ3) is 4.34.